The number of rotatable bonds is 4. The molecule has 0 rings (SSSR count). The number of hydrogen-bond donors (Lipinski definition) is 2. The monoisotopic (exact) mass is 177 g/mol. The van der Waals surface area contributed by atoms with Crippen LogP contribution in [0.3, 0.4) is 0 Å². The van der Waals surface area contributed by atoms with Crippen molar-refractivity contribution in [1.29, 1.82) is 0 Å². The van der Waals surface area contributed by atoms with E-state index in [4.69, 9.17) is 10.5 Å². The van der Waals surface area contributed by atoms with Gasteiger partial charge in [0.05, 0.1) is 6.10 Å². The van der Waals surface area contributed by atoms with Crippen LogP contribution < -0.4 is 5.73 Å². The largest absolute Gasteiger partial charge is 0.462 e. The lowest BCUT2D eigenvalue weighted by atomic mass is 10.2. The molecular formula is C7H15NO2S. The first-order chi connectivity index (χ1) is 5.07. The number of ether oxygens (including phenoxy) is 1. The van der Waals surface area contributed by atoms with Crippen LogP contribution in [0.4, 0.5) is 0 Å². The molecule has 0 radical (unpaired) electrons. The SMILES string of the molecule is CC(C)OC(=O)[C@@H](N)CCS. The highest BCUT2D eigenvalue weighted by atomic mass is 32.1. The van der Waals surface area contributed by atoms with E-state index in [2.05, 4.69) is 12.6 Å². The van der Waals surface area contributed by atoms with Crippen LogP contribution in [0.1, 0.15) is 20.3 Å². The third kappa shape index (κ3) is 5.09. The van der Waals surface area contributed by atoms with E-state index in [0.29, 0.717) is 12.2 Å². The highest BCUT2D eigenvalue weighted by Crippen LogP contribution is 1.97. The van der Waals surface area contributed by atoms with Crippen molar-refractivity contribution >= 4 is 18.6 Å². The molecule has 0 aliphatic rings. The summed E-state index contributed by atoms with van der Waals surface area (Å²) in [6.45, 7) is 3.59. The van der Waals surface area contributed by atoms with Gasteiger partial charge >= 0.3 is 5.97 Å². The second-order valence-corrected chi connectivity index (χ2v) is 3.05. The summed E-state index contributed by atoms with van der Waals surface area (Å²) >= 11 is 3.96. The number of carbonyl (C=O) groups is 1. The molecule has 66 valence electrons. The first kappa shape index (κ1) is 10.8. The summed E-state index contributed by atoms with van der Waals surface area (Å²) in [5.41, 5.74) is 5.45. The molecule has 0 aliphatic heterocycles. The predicted octanol–water partition coefficient (Wildman–Crippen LogP) is 0.585. The van der Waals surface area contributed by atoms with Gasteiger partial charge in [0.2, 0.25) is 0 Å². The number of thiol groups is 1. The second kappa shape index (κ2) is 5.43. The zero-order chi connectivity index (χ0) is 8.85. The average molecular weight is 177 g/mol. The van der Waals surface area contributed by atoms with Gasteiger partial charge in [0, 0.05) is 0 Å². The molecule has 3 nitrogen and oxygen atoms in total. The molecule has 4 heteroatoms. The normalized spacial score (nSPS) is 13.2. The van der Waals surface area contributed by atoms with Crippen molar-refractivity contribution < 1.29 is 9.53 Å². The van der Waals surface area contributed by atoms with Gasteiger partial charge in [-0.05, 0) is 26.0 Å². The molecule has 0 bridgehead atoms. The topological polar surface area (TPSA) is 52.3 Å². The zero-order valence-corrected chi connectivity index (χ0v) is 7.80. The molecule has 0 aromatic rings. The summed E-state index contributed by atoms with van der Waals surface area (Å²) in [5, 5.41) is 0. The fraction of sp³-hybridized carbons (Fsp3) is 0.857. The van der Waals surface area contributed by atoms with Crippen LogP contribution in [0.25, 0.3) is 0 Å². The lowest BCUT2D eigenvalue weighted by molar-refractivity contribution is -0.149. The Hall–Kier alpha value is -0.220. The van der Waals surface area contributed by atoms with Crippen LogP contribution in [-0.2, 0) is 9.53 Å². The van der Waals surface area contributed by atoms with E-state index in [0.717, 1.165) is 0 Å². The van der Waals surface area contributed by atoms with Gasteiger partial charge in [0.1, 0.15) is 6.04 Å². The Kier molecular flexibility index (Phi) is 5.32. The molecule has 0 unspecified atom stereocenters. The predicted molar refractivity (Wildman–Crippen MR) is 47.7 cm³/mol. The number of carbonyl (C=O) groups excluding carboxylic acids is 1. The fourth-order valence-corrected chi connectivity index (χ4v) is 0.855. The van der Waals surface area contributed by atoms with E-state index in [9.17, 15) is 4.79 Å². The Morgan fingerprint density at radius 1 is 1.64 bits per heavy atom. The van der Waals surface area contributed by atoms with Gasteiger partial charge in [-0.1, -0.05) is 0 Å². The van der Waals surface area contributed by atoms with E-state index in [-0.39, 0.29) is 12.1 Å². The van der Waals surface area contributed by atoms with E-state index in [1.807, 2.05) is 0 Å². The molecule has 0 saturated carbocycles. The Bertz CT molecular complexity index is 128. The molecule has 1 atom stereocenters. The third-order valence-electron chi connectivity index (χ3n) is 1.09. The molecule has 2 N–H and O–H groups in total. The Balaban J connectivity index is 3.64. The number of hydrogen-bond acceptors (Lipinski definition) is 4. The van der Waals surface area contributed by atoms with Crippen LogP contribution >= 0.6 is 12.6 Å². The molecular weight excluding hydrogens is 162 g/mol. The van der Waals surface area contributed by atoms with Gasteiger partial charge < -0.3 is 10.5 Å². The van der Waals surface area contributed by atoms with Crippen molar-refractivity contribution in [3.8, 4) is 0 Å². The Labute approximate surface area is 72.7 Å². The number of esters is 1. The second-order valence-electron chi connectivity index (χ2n) is 2.60. The first-order valence-electron chi connectivity index (χ1n) is 3.65. The van der Waals surface area contributed by atoms with E-state index >= 15 is 0 Å². The van der Waals surface area contributed by atoms with Gasteiger partial charge in [0.15, 0.2) is 0 Å². The minimum atomic E-state index is -0.519. The summed E-state index contributed by atoms with van der Waals surface area (Å²) < 4.78 is 4.87. The van der Waals surface area contributed by atoms with Crippen molar-refractivity contribution in [1.82, 2.24) is 0 Å². The lowest BCUT2D eigenvalue weighted by Crippen LogP contribution is -2.34. The maximum absolute atomic E-state index is 11.0. The van der Waals surface area contributed by atoms with Crippen LogP contribution in [-0.4, -0.2) is 23.9 Å². The molecule has 0 spiro atoms. The minimum absolute atomic E-state index is 0.0894. The molecule has 11 heavy (non-hydrogen) atoms. The van der Waals surface area contributed by atoms with Crippen molar-refractivity contribution in [3.05, 3.63) is 0 Å². The van der Waals surface area contributed by atoms with E-state index < -0.39 is 6.04 Å². The molecule has 0 amide bonds. The summed E-state index contributed by atoms with van der Waals surface area (Å²) in [6.07, 6.45) is 0.475. The zero-order valence-electron chi connectivity index (χ0n) is 6.91. The van der Waals surface area contributed by atoms with Crippen LogP contribution in [0.2, 0.25) is 0 Å². The maximum atomic E-state index is 11.0. The molecule has 0 aromatic heterocycles. The van der Waals surface area contributed by atoms with Crippen molar-refractivity contribution in [2.75, 3.05) is 5.75 Å². The van der Waals surface area contributed by atoms with Crippen molar-refractivity contribution in [2.45, 2.75) is 32.4 Å². The van der Waals surface area contributed by atoms with Crippen LogP contribution in [0, 0.1) is 0 Å². The van der Waals surface area contributed by atoms with Crippen molar-refractivity contribution in [2.24, 2.45) is 5.73 Å². The minimum Gasteiger partial charge on any atom is -0.462 e. The van der Waals surface area contributed by atoms with Gasteiger partial charge in [0.25, 0.3) is 0 Å². The number of nitrogens with two attached hydrogens (primary N) is 1. The summed E-state index contributed by atoms with van der Waals surface area (Å²) in [7, 11) is 0. The lowest BCUT2D eigenvalue weighted by Gasteiger charge is -2.12. The molecule has 0 aromatic carbocycles. The third-order valence-corrected chi connectivity index (χ3v) is 1.35. The molecule has 0 saturated heterocycles. The standard InChI is InChI=1S/C7H15NO2S/c1-5(2)10-7(9)6(8)3-4-11/h5-6,11H,3-4,8H2,1-2H3/t6-/m0/s1. The molecule has 0 heterocycles. The van der Waals surface area contributed by atoms with Crippen molar-refractivity contribution in [3.63, 3.8) is 0 Å². The molecule has 0 fully saturated rings. The fourth-order valence-electron chi connectivity index (χ4n) is 0.577. The van der Waals surface area contributed by atoms with Gasteiger partial charge in [-0.25, -0.2) is 0 Å². The Morgan fingerprint density at radius 2 is 2.18 bits per heavy atom. The summed E-state index contributed by atoms with van der Waals surface area (Å²) in [6, 6.07) is -0.519. The highest BCUT2D eigenvalue weighted by Gasteiger charge is 2.14. The maximum Gasteiger partial charge on any atom is 0.323 e. The summed E-state index contributed by atoms with van der Waals surface area (Å²) in [4.78, 5) is 11.0. The summed E-state index contributed by atoms with van der Waals surface area (Å²) in [5.74, 6) is 0.267. The van der Waals surface area contributed by atoms with Crippen LogP contribution in [0.5, 0.6) is 0 Å². The van der Waals surface area contributed by atoms with Gasteiger partial charge in [-0.15, -0.1) is 0 Å². The first-order valence-corrected chi connectivity index (χ1v) is 4.28. The Morgan fingerprint density at radius 3 is 2.55 bits per heavy atom. The average Bonchev–Trinajstić information content (AvgIpc) is 1.86. The van der Waals surface area contributed by atoms with Gasteiger partial charge in [-0.3, -0.25) is 4.79 Å². The quantitative estimate of drug-likeness (QED) is 0.488. The molecule has 0 aliphatic carbocycles. The van der Waals surface area contributed by atoms with E-state index in [1.165, 1.54) is 0 Å². The van der Waals surface area contributed by atoms with E-state index in [1.54, 1.807) is 13.8 Å². The van der Waals surface area contributed by atoms with Crippen LogP contribution in [0.15, 0.2) is 0 Å². The smallest absolute Gasteiger partial charge is 0.323 e. The highest BCUT2D eigenvalue weighted by molar-refractivity contribution is 7.80. The van der Waals surface area contributed by atoms with Gasteiger partial charge in [-0.2, -0.15) is 12.6 Å².